The summed E-state index contributed by atoms with van der Waals surface area (Å²) in [5.41, 5.74) is 6.98. The lowest BCUT2D eigenvalue weighted by Crippen LogP contribution is -2.45. The van der Waals surface area contributed by atoms with Gasteiger partial charge in [-0.05, 0) is 24.1 Å². The average Bonchev–Trinajstić information content (AvgIpc) is 2.90. The van der Waals surface area contributed by atoms with E-state index in [-0.39, 0.29) is 11.3 Å². The summed E-state index contributed by atoms with van der Waals surface area (Å²) >= 11 is 1.52. The lowest BCUT2D eigenvalue weighted by atomic mass is 10.1. The van der Waals surface area contributed by atoms with E-state index in [0.717, 1.165) is 12.0 Å². The Hall–Kier alpha value is -1.53. The molecule has 1 aromatic rings. The number of carbonyl (C=O) groups excluding carboxylic acids is 1. The Balaban J connectivity index is 2.25. The molecule has 0 spiro atoms. The number of nitrogens with two attached hydrogens (primary N) is 1. The van der Waals surface area contributed by atoms with Gasteiger partial charge in [0.1, 0.15) is 6.04 Å². The Kier molecular flexibility index (Phi) is 4.67. The number of benzene rings is 1. The Bertz CT molecular complexity index is 504. The van der Waals surface area contributed by atoms with Crippen molar-refractivity contribution >= 4 is 23.6 Å². The molecule has 0 saturated carbocycles. The van der Waals surface area contributed by atoms with Crippen LogP contribution in [0.2, 0.25) is 0 Å². The van der Waals surface area contributed by atoms with E-state index >= 15 is 0 Å². The number of thioether (sulfide) groups is 1. The standard InChI is InChI=1S/C14H18N2O3S/c1-2-12-16(11(8-20-12)14(18)19)13(17)10-5-3-9(7-15)4-6-10/h3-6,11-12H,2,7-8,15H2,1H3,(H,18,19). The number of nitrogens with zero attached hydrogens (tertiary/aromatic N) is 1. The Morgan fingerprint density at radius 2 is 2.05 bits per heavy atom. The molecule has 20 heavy (non-hydrogen) atoms. The first-order chi connectivity index (χ1) is 9.58. The van der Waals surface area contributed by atoms with Gasteiger partial charge in [0.25, 0.3) is 5.91 Å². The molecule has 1 heterocycles. The lowest BCUT2D eigenvalue weighted by Gasteiger charge is -2.26. The van der Waals surface area contributed by atoms with Crippen LogP contribution in [0.3, 0.4) is 0 Å². The van der Waals surface area contributed by atoms with E-state index in [2.05, 4.69) is 0 Å². The summed E-state index contributed by atoms with van der Waals surface area (Å²) in [7, 11) is 0. The number of hydrogen-bond acceptors (Lipinski definition) is 4. The normalized spacial score (nSPS) is 22.0. The zero-order valence-corrected chi connectivity index (χ0v) is 12.1. The minimum absolute atomic E-state index is 0.0715. The van der Waals surface area contributed by atoms with E-state index in [1.54, 1.807) is 24.3 Å². The molecule has 1 aliphatic heterocycles. The fourth-order valence-electron chi connectivity index (χ4n) is 2.27. The fourth-order valence-corrected chi connectivity index (χ4v) is 3.62. The maximum atomic E-state index is 12.5. The van der Waals surface area contributed by atoms with Crippen LogP contribution in [0.15, 0.2) is 24.3 Å². The molecule has 0 aromatic heterocycles. The highest BCUT2D eigenvalue weighted by Gasteiger charge is 2.40. The first kappa shape index (κ1) is 14.9. The predicted molar refractivity (Wildman–Crippen MR) is 78.5 cm³/mol. The first-order valence-electron chi connectivity index (χ1n) is 6.54. The number of carboxylic acid groups (broad SMARTS) is 1. The van der Waals surface area contributed by atoms with Crippen LogP contribution in [0, 0.1) is 0 Å². The van der Waals surface area contributed by atoms with Crippen LogP contribution in [-0.4, -0.2) is 39.1 Å². The van der Waals surface area contributed by atoms with E-state index in [0.29, 0.717) is 17.9 Å². The van der Waals surface area contributed by atoms with Gasteiger partial charge in [-0.25, -0.2) is 4.79 Å². The second-order valence-corrected chi connectivity index (χ2v) is 5.87. The molecule has 3 N–H and O–H groups in total. The molecule has 5 nitrogen and oxygen atoms in total. The van der Waals surface area contributed by atoms with E-state index in [4.69, 9.17) is 5.73 Å². The van der Waals surface area contributed by atoms with E-state index < -0.39 is 12.0 Å². The molecular formula is C14H18N2O3S. The molecule has 108 valence electrons. The van der Waals surface area contributed by atoms with E-state index in [1.165, 1.54) is 16.7 Å². The van der Waals surface area contributed by atoms with E-state index in [9.17, 15) is 14.7 Å². The monoisotopic (exact) mass is 294 g/mol. The van der Waals surface area contributed by atoms with Gasteiger partial charge < -0.3 is 15.7 Å². The largest absolute Gasteiger partial charge is 0.480 e. The van der Waals surface area contributed by atoms with Crippen molar-refractivity contribution in [2.75, 3.05) is 5.75 Å². The quantitative estimate of drug-likeness (QED) is 0.879. The van der Waals surface area contributed by atoms with Gasteiger partial charge in [-0.15, -0.1) is 11.8 Å². The van der Waals surface area contributed by atoms with Crippen molar-refractivity contribution < 1.29 is 14.7 Å². The minimum Gasteiger partial charge on any atom is -0.480 e. The highest BCUT2D eigenvalue weighted by atomic mass is 32.2. The van der Waals surface area contributed by atoms with Crippen molar-refractivity contribution in [2.45, 2.75) is 31.3 Å². The molecule has 2 unspecified atom stereocenters. The SMILES string of the molecule is CCC1SCC(C(=O)O)N1C(=O)c1ccc(CN)cc1. The van der Waals surface area contributed by atoms with Gasteiger partial charge in [-0.1, -0.05) is 19.1 Å². The third-order valence-electron chi connectivity index (χ3n) is 3.40. The van der Waals surface area contributed by atoms with Gasteiger partial charge in [-0.2, -0.15) is 0 Å². The number of carboxylic acids is 1. The highest BCUT2D eigenvalue weighted by Crippen LogP contribution is 2.32. The topological polar surface area (TPSA) is 83.6 Å². The molecule has 1 aliphatic rings. The predicted octanol–water partition coefficient (Wildman–Crippen LogP) is 1.52. The number of carbonyl (C=O) groups is 2. The summed E-state index contributed by atoms with van der Waals surface area (Å²) in [6.07, 6.45) is 0.737. The molecule has 6 heteroatoms. The summed E-state index contributed by atoms with van der Waals surface area (Å²) in [6, 6.07) is 6.27. The van der Waals surface area contributed by atoms with Gasteiger partial charge in [0, 0.05) is 17.9 Å². The Morgan fingerprint density at radius 1 is 1.40 bits per heavy atom. The number of rotatable bonds is 4. The van der Waals surface area contributed by atoms with E-state index in [1.807, 2.05) is 6.92 Å². The molecule has 1 aromatic carbocycles. The summed E-state index contributed by atoms with van der Waals surface area (Å²) in [4.78, 5) is 25.3. The van der Waals surface area contributed by atoms with Crippen LogP contribution < -0.4 is 5.73 Å². The van der Waals surface area contributed by atoms with Crippen LogP contribution in [0.4, 0.5) is 0 Å². The smallest absolute Gasteiger partial charge is 0.327 e. The molecule has 1 amide bonds. The fraction of sp³-hybridized carbons (Fsp3) is 0.429. The maximum absolute atomic E-state index is 12.5. The van der Waals surface area contributed by atoms with Gasteiger partial charge >= 0.3 is 5.97 Å². The Morgan fingerprint density at radius 3 is 2.55 bits per heavy atom. The summed E-state index contributed by atoms with van der Waals surface area (Å²) in [5, 5.41) is 9.18. The lowest BCUT2D eigenvalue weighted by molar-refractivity contribution is -0.141. The van der Waals surface area contributed by atoms with Crippen molar-refractivity contribution in [3.8, 4) is 0 Å². The van der Waals surface area contributed by atoms with Gasteiger partial charge in [-0.3, -0.25) is 4.79 Å². The summed E-state index contributed by atoms with van der Waals surface area (Å²) in [5.74, 6) is -0.723. The van der Waals surface area contributed by atoms with Gasteiger partial charge in [0.05, 0.1) is 5.37 Å². The third-order valence-corrected chi connectivity index (χ3v) is 4.85. The first-order valence-corrected chi connectivity index (χ1v) is 7.59. The second kappa shape index (κ2) is 6.28. The zero-order valence-electron chi connectivity index (χ0n) is 11.3. The summed E-state index contributed by atoms with van der Waals surface area (Å²) in [6.45, 7) is 2.38. The molecule has 1 saturated heterocycles. The van der Waals surface area contributed by atoms with Crippen LogP contribution in [0.25, 0.3) is 0 Å². The third kappa shape index (κ3) is 2.81. The van der Waals surface area contributed by atoms with Crippen molar-refractivity contribution in [1.29, 1.82) is 0 Å². The molecular weight excluding hydrogens is 276 g/mol. The zero-order chi connectivity index (χ0) is 14.7. The van der Waals surface area contributed by atoms with Crippen molar-refractivity contribution in [3.63, 3.8) is 0 Å². The molecule has 2 rings (SSSR count). The average molecular weight is 294 g/mol. The van der Waals surface area contributed by atoms with Gasteiger partial charge in [0.2, 0.25) is 0 Å². The molecule has 0 radical (unpaired) electrons. The highest BCUT2D eigenvalue weighted by molar-refractivity contribution is 8.00. The molecule has 0 bridgehead atoms. The number of hydrogen-bond donors (Lipinski definition) is 2. The Labute approximate surface area is 122 Å². The maximum Gasteiger partial charge on any atom is 0.327 e. The van der Waals surface area contributed by atoms with Crippen LogP contribution in [-0.2, 0) is 11.3 Å². The van der Waals surface area contributed by atoms with Crippen molar-refractivity contribution in [3.05, 3.63) is 35.4 Å². The molecule has 2 atom stereocenters. The molecule has 1 fully saturated rings. The van der Waals surface area contributed by atoms with Gasteiger partial charge in [0.15, 0.2) is 0 Å². The van der Waals surface area contributed by atoms with Crippen molar-refractivity contribution in [1.82, 2.24) is 4.90 Å². The summed E-state index contributed by atoms with van der Waals surface area (Å²) < 4.78 is 0. The minimum atomic E-state index is -0.944. The van der Waals surface area contributed by atoms with Crippen molar-refractivity contribution in [2.24, 2.45) is 5.73 Å². The second-order valence-electron chi connectivity index (χ2n) is 4.66. The number of aliphatic carboxylic acids is 1. The van der Waals surface area contributed by atoms with Crippen LogP contribution >= 0.6 is 11.8 Å². The van der Waals surface area contributed by atoms with Crippen LogP contribution in [0.5, 0.6) is 0 Å². The molecule has 0 aliphatic carbocycles. The number of amides is 1. The van der Waals surface area contributed by atoms with Crippen LogP contribution in [0.1, 0.15) is 29.3 Å².